The summed E-state index contributed by atoms with van der Waals surface area (Å²) in [7, 11) is 0. The van der Waals surface area contributed by atoms with Crippen LogP contribution in [0.3, 0.4) is 0 Å². The van der Waals surface area contributed by atoms with Crippen molar-refractivity contribution in [3.8, 4) is 12.3 Å². The molecular weight excluding hydrogens is 210 g/mol. The molecule has 0 heterocycles. The van der Waals surface area contributed by atoms with Gasteiger partial charge < -0.3 is 10.1 Å². The van der Waals surface area contributed by atoms with E-state index in [1.165, 1.54) is 5.56 Å². The molecule has 0 radical (unpaired) electrons. The van der Waals surface area contributed by atoms with Crippen LogP contribution in [0.2, 0.25) is 0 Å². The van der Waals surface area contributed by atoms with Crippen molar-refractivity contribution in [2.24, 2.45) is 0 Å². The Balaban J connectivity index is 2.36. The fourth-order valence-electron chi connectivity index (χ4n) is 1.43. The lowest BCUT2D eigenvalue weighted by Gasteiger charge is -2.10. The molecule has 0 saturated heterocycles. The summed E-state index contributed by atoms with van der Waals surface area (Å²) in [5.41, 5.74) is 3.16. The Bertz CT molecular complexity index is 404. The molecule has 0 spiro atoms. The van der Waals surface area contributed by atoms with Crippen LogP contribution in [0, 0.1) is 19.3 Å². The number of benzene rings is 1. The van der Waals surface area contributed by atoms with E-state index in [9.17, 15) is 0 Å². The quantitative estimate of drug-likeness (QED) is 0.441. The molecule has 0 aromatic heterocycles. The minimum atomic E-state index is 0.688. The molecule has 0 aliphatic heterocycles. The van der Waals surface area contributed by atoms with Gasteiger partial charge in [-0.2, -0.15) is 0 Å². The van der Waals surface area contributed by atoms with Crippen molar-refractivity contribution in [2.45, 2.75) is 13.3 Å². The number of anilines is 1. The predicted octanol–water partition coefficient (Wildman–Crippen LogP) is 2.98. The van der Waals surface area contributed by atoms with Crippen LogP contribution in [0.15, 0.2) is 30.9 Å². The van der Waals surface area contributed by atoms with Crippen molar-refractivity contribution in [1.82, 2.24) is 0 Å². The first-order valence-electron chi connectivity index (χ1n) is 5.77. The number of hydrogen-bond acceptors (Lipinski definition) is 2. The highest BCUT2D eigenvalue weighted by molar-refractivity contribution is 5.55. The fraction of sp³-hybridized carbons (Fsp3) is 0.333. The minimum Gasteiger partial charge on any atom is -0.382 e. The van der Waals surface area contributed by atoms with Gasteiger partial charge in [0.25, 0.3) is 0 Å². The average Bonchev–Trinajstić information content (AvgIpc) is 2.35. The summed E-state index contributed by atoms with van der Waals surface area (Å²) < 4.78 is 5.42. The smallest absolute Gasteiger partial charge is 0.0639 e. The standard InChI is InChI=1S/C15H19NO/c1-4-6-10-17-11-9-16-15-12-14(5-2)8-7-13(15)3/h2,4,7-8,12,16H,1,6,9-11H2,3H3. The fourth-order valence-corrected chi connectivity index (χ4v) is 1.43. The summed E-state index contributed by atoms with van der Waals surface area (Å²) in [4.78, 5) is 0. The van der Waals surface area contributed by atoms with Crippen molar-refractivity contribution in [1.29, 1.82) is 0 Å². The molecule has 0 unspecified atom stereocenters. The van der Waals surface area contributed by atoms with E-state index >= 15 is 0 Å². The maximum Gasteiger partial charge on any atom is 0.0639 e. The second kappa shape index (κ2) is 7.54. The first-order valence-corrected chi connectivity index (χ1v) is 5.77. The van der Waals surface area contributed by atoms with Crippen LogP contribution < -0.4 is 5.32 Å². The van der Waals surface area contributed by atoms with Gasteiger partial charge in [0.2, 0.25) is 0 Å². The van der Waals surface area contributed by atoms with Crippen molar-refractivity contribution < 1.29 is 4.74 Å². The van der Waals surface area contributed by atoms with Crippen LogP contribution in [0.4, 0.5) is 5.69 Å². The Kier molecular flexibility index (Phi) is 5.92. The Morgan fingerprint density at radius 1 is 1.47 bits per heavy atom. The van der Waals surface area contributed by atoms with E-state index in [0.29, 0.717) is 6.61 Å². The first-order chi connectivity index (χ1) is 8.27. The molecule has 0 saturated carbocycles. The maximum atomic E-state index is 5.42. The molecule has 1 N–H and O–H groups in total. The monoisotopic (exact) mass is 229 g/mol. The number of aryl methyl sites for hydroxylation is 1. The van der Waals surface area contributed by atoms with E-state index in [4.69, 9.17) is 11.2 Å². The highest BCUT2D eigenvalue weighted by Crippen LogP contribution is 2.15. The molecule has 0 bridgehead atoms. The highest BCUT2D eigenvalue weighted by Gasteiger charge is 1.98. The van der Waals surface area contributed by atoms with E-state index in [1.54, 1.807) is 0 Å². The average molecular weight is 229 g/mol. The van der Waals surface area contributed by atoms with Crippen LogP contribution >= 0.6 is 0 Å². The number of rotatable bonds is 7. The van der Waals surface area contributed by atoms with Gasteiger partial charge in [-0.25, -0.2) is 0 Å². The minimum absolute atomic E-state index is 0.688. The molecule has 1 rings (SSSR count). The lowest BCUT2D eigenvalue weighted by Crippen LogP contribution is -2.10. The summed E-state index contributed by atoms with van der Waals surface area (Å²) >= 11 is 0. The molecule has 90 valence electrons. The van der Waals surface area contributed by atoms with E-state index in [1.807, 2.05) is 24.3 Å². The van der Waals surface area contributed by atoms with Crippen molar-refractivity contribution in [3.63, 3.8) is 0 Å². The van der Waals surface area contributed by atoms with Crippen molar-refractivity contribution in [3.05, 3.63) is 42.0 Å². The third kappa shape index (κ3) is 4.76. The summed E-state index contributed by atoms with van der Waals surface area (Å²) in [6.45, 7) is 7.90. The van der Waals surface area contributed by atoms with E-state index in [2.05, 4.69) is 24.7 Å². The SMILES string of the molecule is C#Cc1ccc(C)c(NCCOCCC=C)c1. The van der Waals surface area contributed by atoms with Gasteiger partial charge in [-0.1, -0.05) is 18.1 Å². The molecular formula is C15H19NO. The van der Waals surface area contributed by atoms with Gasteiger partial charge in [0.05, 0.1) is 13.2 Å². The molecule has 0 atom stereocenters. The number of hydrogen-bond donors (Lipinski definition) is 1. The Morgan fingerprint density at radius 2 is 2.29 bits per heavy atom. The summed E-state index contributed by atoms with van der Waals surface area (Å²) in [6.07, 6.45) is 8.12. The largest absolute Gasteiger partial charge is 0.382 e. The molecule has 0 aliphatic rings. The van der Waals surface area contributed by atoms with Gasteiger partial charge in [-0.3, -0.25) is 0 Å². The molecule has 0 fully saturated rings. The molecule has 2 heteroatoms. The van der Waals surface area contributed by atoms with Gasteiger partial charge in [0, 0.05) is 17.8 Å². The van der Waals surface area contributed by atoms with Gasteiger partial charge in [-0.05, 0) is 31.0 Å². The second-order valence-electron chi connectivity index (χ2n) is 3.79. The van der Waals surface area contributed by atoms with Gasteiger partial charge in [0.15, 0.2) is 0 Å². The zero-order valence-electron chi connectivity index (χ0n) is 10.3. The highest BCUT2D eigenvalue weighted by atomic mass is 16.5. The summed E-state index contributed by atoms with van der Waals surface area (Å²) in [5.74, 6) is 2.63. The molecule has 2 nitrogen and oxygen atoms in total. The second-order valence-corrected chi connectivity index (χ2v) is 3.79. The Morgan fingerprint density at radius 3 is 3.00 bits per heavy atom. The maximum absolute atomic E-state index is 5.42. The summed E-state index contributed by atoms with van der Waals surface area (Å²) in [6, 6.07) is 5.95. The Labute approximate surface area is 104 Å². The van der Waals surface area contributed by atoms with E-state index in [0.717, 1.165) is 30.8 Å². The summed E-state index contributed by atoms with van der Waals surface area (Å²) in [5, 5.41) is 3.32. The van der Waals surface area contributed by atoms with Crippen LogP contribution in [-0.2, 0) is 4.74 Å². The molecule has 0 aliphatic carbocycles. The molecule has 1 aromatic rings. The van der Waals surface area contributed by atoms with Crippen LogP contribution in [0.25, 0.3) is 0 Å². The van der Waals surface area contributed by atoms with Crippen LogP contribution in [0.1, 0.15) is 17.5 Å². The zero-order chi connectivity index (χ0) is 12.5. The van der Waals surface area contributed by atoms with Gasteiger partial charge in [-0.15, -0.1) is 13.0 Å². The van der Waals surface area contributed by atoms with Gasteiger partial charge in [0.1, 0.15) is 0 Å². The molecule has 0 amide bonds. The van der Waals surface area contributed by atoms with Crippen molar-refractivity contribution >= 4 is 5.69 Å². The number of terminal acetylenes is 1. The normalized spacial score (nSPS) is 9.65. The van der Waals surface area contributed by atoms with Gasteiger partial charge >= 0.3 is 0 Å². The molecule has 17 heavy (non-hydrogen) atoms. The first kappa shape index (κ1) is 13.3. The lowest BCUT2D eigenvalue weighted by atomic mass is 10.1. The van der Waals surface area contributed by atoms with Crippen LogP contribution in [-0.4, -0.2) is 19.8 Å². The third-order valence-corrected chi connectivity index (χ3v) is 2.43. The Hall–Kier alpha value is -1.72. The number of ether oxygens (including phenoxy) is 1. The van der Waals surface area contributed by atoms with E-state index in [-0.39, 0.29) is 0 Å². The van der Waals surface area contributed by atoms with Crippen LogP contribution in [0.5, 0.6) is 0 Å². The predicted molar refractivity (Wildman–Crippen MR) is 73.2 cm³/mol. The van der Waals surface area contributed by atoms with Crippen molar-refractivity contribution in [2.75, 3.05) is 25.1 Å². The molecule has 1 aromatic carbocycles. The van der Waals surface area contributed by atoms with E-state index < -0.39 is 0 Å². The number of nitrogens with one attached hydrogen (secondary N) is 1. The topological polar surface area (TPSA) is 21.3 Å². The third-order valence-electron chi connectivity index (χ3n) is 2.43. The lowest BCUT2D eigenvalue weighted by molar-refractivity contribution is 0.149. The zero-order valence-corrected chi connectivity index (χ0v) is 10.3.